The standard InChI is InChI=1S/C9H13NO4S/c1-3-10-8-6-7(2)4-5-9(8)14-15(11,12)13/h4-6,10H,3H2,1-2H3,(H,11,12,13). The van der Waals surface area contributed by atoms with Crippen LogP contribution in [0.15, 0.2) is 18.2 Å². The van der Waals surface area contributed by atoms with Crippen molar-refractivity contribution < 1.29 is 17.2 Å². The van der Waals surface area contributed by atoms with E-state index in [1.807, 2.05) is 13.8 Å². The molecule has 0 aliphatic carbocycles. The molecule has 0 aliphatic rings. The molecule has 0 atom stereocenters. The second-order valence-electron chi connectivity index (χ2n) is 3.04. The normalized spacial score (nSPS) is 11.1. The van der Waals surface area contributed by atoms with Crippen molar-refractivity contribution >= 4 is 16.1 Å². The van der Waals surface area contributed by atoms with Crippen LogP contribution in [0.4, 0.5) is 5.69 Å². The Morgan fingerprint density at radius 1 is 1.47 bits per heavy atom. The van der Waals surface area contributed by atoms with Crippen LogP contribution in [0, 0.1) is 6.92 Å². The Hall–Kier alpha value is -1.27. The summed E-state index contributed by atoms with van der Waals surface area (Å²) in [5.74, 6) is 0.0879. The molecule has 0 radical (unpaired) electrons. The molecule has 2 N–H and O–H groups in total. The Kier molecular flexibility index (Phi) is 3.54. The van der Waals surface area contributed by atoms with Gasteiger partial charge in [0.05, 0.1) is 5.69 Å². The van der Waals surface area contributed by atoms with Crippen molar-refractivity contribution in [2.24, 2.45) is 0 Å². The predicted molar refractivity (Wildman–Crippen MR) is 57.5 cm³/mol. The smallest absolute Gasteiger partial charge is 0.382 e. The van der Waals surface area contributed by atoms with E-state index in [1.165, 1.54) is 6.07 Å². The van der Waals surface area contributed by atoms with Crippen molar-refractivity contribution in [3.63, 3.8) is 0 Å². The lowest BCUT2D eigenvalue weighted by Gasteiger charge is -2.10. The van der Waals surface area contributed by atoms with Crippen molar-refractivity contribution in [2.75, 3.05) is 11.9 Å². The number of rotatable bonds is 4. The average molecular weight is 231 g/mol. The highest BCUT2D eigenvalue weighted by Gasteiger charge is 2.11. The molecule has 1 aromatic carbocycles. The molecule has 0 bridgehead atoms. The van der Waals surface area contributed by atoms with Crippen LogP contribution in [-0.2, 0) is 10.4 Å². The first-order valence-corrected chi connectivity index (χ1v) is 5.80. The van der Waals surface area contributed by atoms with Gasteiger partial charge in [0.2, 0.25) is 0 Å². The predicted octanol–water partition coefficient (Wildman–Crippen LogP) is 1.61. The van der Waals surface area contributed by atoms with Crippen LogP contribution in [0.25, 0.3) is 0 Å². The van der Waals surface area contributed by atoms with Crippen molar-refractivity contribution in [3.8, 4) is 5.75 Å². The minimum atomic E-state index is -4.47. The fourth-order valence-corrected chi connectivity index (χ4v) is 1.53. The van der Waals surface area contributed by atoms with E-state index < -0.39 is 10.4 Å². The summed E-state index contributed by atoms with van der Waals surface area (Å²) >= 11 is 0. The fraction of sp³-hybridized carbons (Fsp3) is 0.333. The average Bonchev–Trinajstić information content (AvgIpc) is 2.08. The summed E-state index contributed by atoms with van der Waals surface area (Å²) in [4.78, 5) is 0. The monoisotopic (exact) mass is 231 g/mol. The first-order chi connectivity index (χ1) is 6.92. The minimum absolute atomic E-state index is 0.0879. The molecule has 0 saturated carbocycles. The number of hydrogen-bond acceptors (Lipinski definition) is 4. The number of aryl methyl sites for hydroxylation is 1. The SMILES string of the molecule is CCNc1cc(C)ccc1OS(=O)(=O)O. The Labute approximate surface area is 89.0 Å². The van der Waals surface area contributed by atoms with Gasteiger partial charge < -0.3 is 9.50 Å². The van der Waals surface area contributed by atoms with Gasteiger partial charge in [-0.15, -0.1) is 0 Å². The Morgan fingerprint density at radius 3 is 2.67 bits per heavy atom. The zero-order chi connectivity index (χ0) is 11.5. The van der Waals surface area contributed by atoms with Gasteiger partial charge in [0.15, 0.2) is 5.75 Å². The van der Waals surface area contributed by atoms with E-state index >= 15 is 0 Å². The number of anilines is 1. The van der Waals surface area contributed by atoms with Crippen LogP contribution in [0.2, 0.25) is 0 Å². The molecule has 84 valence electrons. The van der Waals surface area contributed by atoms with Gasteiger partial charge in [-0.2, -0.15) is 8.42 Å². The molecule has 5 nitrogen and oxygen atoms in total. The van der Waals surface area contributed by atoms with Gasteiger partial charge in [-0.05, 0) is 31.5 Å². The molecule has 6 heteroatoms. The molecule has 0 heterocycles. The second kappa shape index (κ2) is 4.50. The zero-order valence-electron chi connectivity index (χ0n) is 8.52. The molecule has 0 spiro atoms. The highest BCUT2D eigenvalue weighted by Crippen LogP contribution is 2.26. The fourth-order valence-electron chi connectivity index (χ4n) is 1.16. The summed E-state index contributed by atoms with van der Waals surface area (Å²) in [6.45, 7) is 4.38. The summed E-state index contributed by atoms with van der Waals surface area (Å²) in [5.41, 5.74) is 1.50. The highest BCUT2D eigenvalue weighted by molar-refractivity contribution is 7.81. The topological polar surface area (TPSA) is 75.6 Å². The van der Waals surface area contributed by atoms with E-state index in [9.17, 15) is 8.42 Å². The van der Waals surface area contributed by atoms with Crippen LogP contribution in [0.3, 0.4) is 0 Å². The molecule has 1 aromatic rings. The zero-order valence-corrected chi connectivity index (χ0v) is 9.34. The van der Waals surface area contributed by atoms with Crippen molar-refractivity contribution in [1.29, 1.82) is 0 Å². The molecule has 1 rings (SSSR count). The van der Waals surface area contributed by atoms with Gasteiger partial charge in [0.1, 0.15) is 0 Å². The Morgan fingerprint density at radius 2 is 2.13 bits per heavy atom. The minimum Gasteiger partial charge on any atom is -0.382 e. The highest BCUT2D eigenvalue weighted by atomic mass is 32.3. The van der Waals surface area contributed by atoms with Crippen molar-refractivity contribution in [2.45, 2.75) is 13.8 Å². The maximum absolute atomic E-state index is 10.5. The van der Waals surface area contributed by atoms with Gasteiger partial charge in [-0.1, -0.05) is 6.07 Å². The summed E-state index contributed by atoms with van der Waals surface area (Å²) in [6.07, 6.45) is 0. The second-order valence-corrected chi connectivity index (χ2v) is 4.06. The van der Waals surface area contributed by atoms with E-state index in [0.717, 1.165) is 5.56 Å². The van der Waals surface area contributed by atoms with Gasteiger partial charge in [0.25, 0.3) is 0 Å². The van der Waals surface area contributed by atoms with Crippen molar-refractivity contribution in [3.05, 3.63) is 23.8 Å². The lowest BCUT2D eigenvalue weighted by molar-refractivity contribution is 0.387. The number of hydrogen-bond donors (Lipinski definition) is 2. The molecule has 0 aromatic heterocycles. The molecule has 0 saturated heterocycles. The number of benzene rings is 1. The Bertz CT molecular complexity index is 441. The van der Waals surface area contributed by atoms with E-state index in [1.54, 1.807) is 12.1 Å². The third-order valence-electron chi connectivity index (χ3n) is 1.70. The first-order valence-electron chi connectivity index (χ1n) is 4.44. The van der Waals surface area contributed by atoms with Crippen LogP contribution in [-0.4, -0.2) is 19.5 Å². The maximum atomic E-state index is 10.5. The van der Waals surface area contributed by atoms with Crippen LogP contribution in [0.1, 0.15) is 12.5 Å². The molecule has 0 amide bonds. The summed E-state index contributed by atoms with van der Waals surface area (Å²) in [5, 5.41) is 2.94. The molecular formula is C9H13NO4S. The molecule has 15 heavy (non-hydrogen) atoms. The van der Waals surface area contributed by atoms with E-state index in [-0.39, 0.29) is 5.75 Å². The van der Waals surface area contributed by atoms with Gasteiger partial charge in [-0.25, -0.2) is 0 Å². The maximum Gasteiger partial charge on any atom is 0.446 e. The Balaban J connectivity index is 3.05. The largest absolute Gasteiger partial charge is 0.446 e. The quantitative estimate of drug-likeness (QED) is 0.770. The van der Waals surface area contributed by atoms with Gasteiger partial charge >= 0.3 is 10.4 Å². The van der Waals surface area contributed by atoms with E-state index in [2.05, 4.69) is 9.50 Å². The lowest BCUT2D eigenvalue weighted by atomic mass is 10.2. The summed E-state index contributed by atoms with van der Waals surface area (Å²) in [7, 11) is -4.47. The third-order valence-corrected chi connectivity index (χ3v) is 2.09. The lowest BCUT2D eigenvalue weighted by Crippen LogP contribution is -2.09. The van der Waals surface area contributed by atoms with E-state index in [4.69, 9.17) is 4.55 Å². The number of nitrogens with one attached hydrogen (secondary N) is 1. The molecule has 0 unspecified atom stereocenters. The molecule has 0 aliphatic heterocycles. The summed E-state index contributed by atoms with van der Waals surface area (Å²) < 4.78 is 34.1. The van der Waals surface area contributed by atoms with Crippen molar-refractivity contribution in [1.82, 2.24) is 0 Å². The summed E-state index contributed by atoms with van der Waals surface area (Å²) in [6, 6.07) is 4.92. The van der Waals surface area contributed by atoms with Crippen LogP contribution < -0.4 is 9.50 Å². The van der Waals surface area contributed by atoms with Gasteiger partial charge in [0, 0.05) is 6.54 Å². The molecular weight excluding hydrogens is 218 g/mol. The first kappa shape index (κ1) is 11.8. The van der Waals surface area contributed by atoms with Crippen LogP contribution >= 0.6 is 0 Å². The molecule has 0 fully saturated rings. The third kappa shape index (κ3) is 3.77. The van der Waals surface area contributed by atoms with Crippen LogP contribution in [0.5, 0.6) is 5.75 Å². The van der Waals surface area contributed by atoms with Gasteiger partial charge in [-0.3, -0.25) is 4.55 Å². The van der Waals surface area contributed by atoms with E-state index in [0.29, 0.717) is 12.2 Å².